The Morgan fingerprint density at radius 2 is 1.09 bits per heavy atom. The lowest BCUT2D eigenvalue weighted by atomic mass is 9.64. The van der Waals surface area contributed by atoms with Gasteiger partial charge in [-0.05, 0) is 58.1 Å². The van der Waals surface area contributed by atoms with Crippen LogP contribution < -0.4 is 9.47 Å². The molecule has 2 aromatic carbocycles. The molecule has 0 bridgehead atoms. The Labute approximate surface area is 206 Å². The molecule has 0 heterocycles. The van der Waals surface area contributed by atoms with Gasteiger partial charge in [0.1, 0.15) is 24.7 Å². The molecule has 1 aliphatic rings. The van der Waals surface area contributed by atoms with Crippen LogP contribution in [0.3, 0.4) is 0 Å². The third-order valence-corrected chi connectivity index (χ3v) is 7.09. The zero-order valence-electron chi connectivity index (χ0n) is 22.0. The molecule has 0 atom stereocenters. The van der Waals surface area contributed by atoms with Crippen molar-refractivity contribution in [2.45, 2.75) is 89.9 Å². The molecule has 0 amide bonds. The van der Waals surface area contributed by atoms with Crippen molar-refractivity contribution in [3.63, 3.8) is 0 Å². The molecule has 4 heteroatoms. The fourth-order valence-corrected chi connectivity index (χ4v) is 5.29. The highest BCUT2D eigenvalue weighted by Gasteiger charge is 2.38. The molecule has 0 aromatic heterocycles. The van der Waals surface area contributed by atoms with E-state index >= 15 is 0 Å². The standard InChI is InChI=1S/C30H44O4/c1-28(2,3)24-20-22(10-12-26(24)33-18-16-31)30(14-8-7-9-15-30)23-11-13-27(34-19-17-32)25(21-23)29(4,5)6/h10-13,20-21,31-32H,7-9,14-19H2,1-6H3. The van der Waals surface area contributed by atoms with Gasteiger partial charge < -0.3 is 19.7 Å². The largest absolute Gasteiger partial charge is 0.491 e. The van der Waals surface area contributed by atoms with Crippen LogP contribution in [0.5, 0.6) is 11.5 Å². The summed E-state index contributed by atoms with van der Waals surface area (Å²) in [5, 5.41) is 18.6. The molecule has 3 rings (SSSR count). The lowest BCUT2D eigenvalue weighted by Crippen LogP contribution is -2.32. The highest BCUT2D eigenvalue weighted by molar-refractivity contribution is 5.51. The minimum Gasteiger partial charge on any atom is -0.491 e. The van der Waals surface area contributed by atoms with Gasteiger partial charge in [0.25, 0.3) is 0 Å². The van der Waals surface area contributed by atoms with E-state index in [0.29, 0.717) is 13.2 Å². The number of rotatable bonds is 8. The van der Waals surface area contributed by atoms with Gasteiger partial charge in [-0.2, -0.15) is 0 Å². The first-order valence-corrected chi connectivity index (χ1v) is 12.8. The highest BCUT2D eigenvalue weighted by atomic mass is 16.5. The van der Waals surface area contributed by atoms with E-state index in [0.717, 1.165) is 24.3 Å². The van der Waals surface area contributed by atoms with E-state index in [1.807, 2.05) is 0 Å². The Hall–Kier alpha value is -2.04. The molecule has 4 nitrogen and oxygen atoms in total. The Morgan fingerprint density at radius 3 is 1.44 bits per heavy atom. The Bertz CT molecular complexity index is 872. The molecule has 2 N–H and O–H groups in total. The summed E-state index contributed by atoms with van der Waals surface area (Å²) in [5.74, 6) is 1.72. The van der Waals surface area contributed by atoms with Gasteiger partial charge >= 0.3 is 0 Å². The van der Waals surface area contributed by atoms with Gasteiger partial charge in [0.2, 0.25) is 0 Å². The normalized spacial score (nSPS) is 16.4. The predicted octanol–water partition coefficient (Wildman–Crippen LogP) is 6.27. The first-order valence-electron chi connectivity index (χ1n) is 12.8. The van der Waals surface area contributed by atoms with Crippen molar-refractivity contribution < 1.29 is 19.7 Å². The third-order valence-electron chi connectivity index (χ3n) is 7.09. The lowest BCUT2D eigenvalue weighted by molar-refractivity contribution is 0.198. The summed E-state index contributed by atoms with van der Waals surface area (Å²) in [6.07, 6.45) is 5.93. The number of hydrogen-bond donors (Lipinski definition) is 2. The van der Waals surface area contributed by atoms with Crippen molar-refractivity contribution in [1.29, 1.82) is 0 Å². The fraction of sp³-hybridized carbons (Fsp3) is 0.600. The van der Waals surface area contributed by atoms with Crippen LogP contribution >= 0.6 is 0 Å². The molecular formula is C30H44O4. The van der Waals surface area contributed by atoms with Gasteiger partial charge in [-0.1, -0.05) is 85.1 Å². The first-order chi connectivity index (χ1) is 16.0. The molecule has 188 valence electrons. The highest BCUT2D eigenvalue weighted by Crippen LogP contribution is 2.48. The zero-order valence-corrected chi connectivity index (χ0v) is 22.0. The zero-order chi connectivity index (χ0) is 25.0. The van der Waals surface area contributed by atoms with Crippen LogP contribution in [-0.4, -0.2) is 36.6 Å². The van der Waals surface area contributed by atoms with Crippen molar-refractivity contribution in [2.75, 3.05) is 26.4 Å². The number of aliphatic hydroxyl groups is 2. The second-order valence-electron chi connectivity index (χ2n) is 11.7. The van der Waals surface area contributed by atoms with Crippen molar-refractivity contribution in [3.05, 3.63) is 58.7 Å². The summed E-state index contributed by atoms with van der Waals surface area (Å²) in [4.78, 5) is 0. The SMILES string of the molecule is CC(C)(C)c1cc(C2(c3ccc(OCCO)c(C(C)(C)C)c3)CCCCC2)ccc1OCCO. The maximum absolute atomic E-state index is 9.29. The molecule has 34 heavy (non-hydrogen) atoms. The topological polar surface area (TPSA) is 58.9 Å². The average molecular weight is 469 g/mol. The summed E-state index contributed by atoms with van der Waals surface area (Å²) in [7, 11) is 0. The second-order valence-corrected chi connectivity index (χ2v) is 11.7. The van der Waals surface area contributed by atoms with Crippen LogP contribution in [0.2, 0.25) is 0 Å². The first kappa shape index (κ1) is 26.6. The molecule has 0 radical (unpaired) electrons. The second kappa shape index (κ2) is 10.7. The number of ether oxygens (including phenoxy) is 2. The van der Waals surface area contributed by atoms with Crippen LogP contribution in [0.25, 0.3) is 0 Å². The maximum Gasteiger partial charge on any atom is 0.123 e. The molecule has 0 unspecified atom stereocenters. The Balaban J connectivity index is 2.17. The van der Waals surface area contributed by atoms with Crippen molar-refractivity contribution in [3.8, 4) is 11.5 Å². The van der Waals surface area contributed by atoms with Gasteiger partial charge in [0.15, 0.2) is 0 Å². The molecule has 1 fully saturated rings. The van der Waals surface area contributed by atoms with Gasteiger partial charge in [-0.15, -0.1) is 0 Å². The summed E-state index contributed by atoms with van der Waals surface area (Å²) in [6, 6.07) is 13.4. The Morgan fingerprint density at radius 1 is 0.676 bits per heavy atom. The number of aliphatic hydroxyl groups excluding tert-OH is 2. The van der Waals surface area contributed by atoms with Crippen LogP contribution in [0.15, 0.2) is 36.4 Å². The predicted molar refractivity (Wildman–Crippen MR) is 139 cm³/mol. The van der Waals surface area contributed by atoms with Gasteiger partial charge in [-0.3, -0.25) is 0 Å². The van der Waals surface area contributed by atoms with Crippen molar-refractivity contribution >= 4 is 0 Å². The van der Waals surface area contributed by atoms with E-state index in [2.05, 4.69) is 77.9 Å². The quantitative estimate of drug-likeness (QED) is 0.479. The van der Waals surface area contributed by atoms with Crippen LogP contribution in [0.1, 0.15) is 95.9 Å². The molecule has 0 saturated heterocycles. The summed E-state index contributed by atoms with van der Waals surface area (Å²) < 4.78 is 11.8. The van der Waals surface area contributed by atoms with Gasteiger partial charge in [0.05, 0.1) is 13.2 Å². The fourth-order valence-electron chi connectivity index (χ4n) is 5.29. The Kier molecular flexibility index (Phi) is 8.36. The summed E-state index contributed by atoms with van der Waals surface area (Å²) in [6.45, 7) is 13.9. The molecule has 2 aromatic rings. The molecule has 1 saturated carbocycles. The van der Waals surface area contributed by atoms with Gasteiger partial charge in [0, 0.05) is 5.41 Å². The lowest BCUT2D eigenvalue weighted by Gasteiger charge is -2.40. The van der Waals surface area contributed by atoms with E-state index in [9.17, 15) is 10.2 Å². The van der Waals surface area contributed by atoms with E-state index in [1.165, 1.54) is 41.5 Å². The molecular weight excluding hydrogens is 424 g/mol. The molecule has 0 aliphatic heterocycles. The monoisotopic (exact) mass is 468 g/mol. The third kappa shape index (κ3) is 5.78. The average Bonchev–Trinajstić information content (AvgIpc) is 2.80. The number of hydrogen-bond acceptors (Lipinski definition) is 4. The van der Waals surface area contributed by atoms with Crippen LogP contribution in [-0.2, 0) is 16.2 Å². The minimum atomic E-state index is -0.0742. The van der Waals surface area contributed by atoms with E-state index in [-0.39, 0.29) is 29.5 Å². The summed E-state index contributed by atoms with van der Waals surface area (Å²) >= 11 is 0. The maximum atomic E-state index is 9.29. The molecule has 0 spiro atoms. The van der Waals surface area contributed by atoms with Crippen LogP contribution in [0.4, 0.5) is 0 Å². The minimum absolute atomic E-state index is 0.00948. The van der Waals surface area contributed by atoms with Crippen LogP contribution in [0, 0.1) is 0 Å². The van der Waals surface area contributed by atoms with Gasteiger partial charge in [-0.25, -0.2) is 0 Å². The summed E-state index contributed by atoms with van der Waals surface area (Å²) in [5.41, 5.74) is 4.85. The van der Waals surface area contributed by atoms with E-state index in [1.54, 1.807) is 0 Å². The number of benzene rings is 2. The smallest absolute Gasteiger partial charge is 0.123 e. The molecule has 1 aliphatic carbocycles. The van der Waals surface area contributed by atoms with Crippen molar-refractivity contribution in [2.24, 2.45) is 0 Å². The van der Waals surface area contributed by atoms with E-state index in [4.69, 9.17) is 9.47 Å². The van der Waals surface area contributed by atoms with E-state index < -0.39 is 0 Å². The van der Waals surface area contributed by atoms with Crippen molar-refractivity contribution in [1.82, 2.24) is 0 Å².